The molecule has 6 nitrogen and oxygen atoms in total. The van der Waals surface area contributed by atoms with Gasteiger partial charge in [0.05, 0.1) is 28.7 Å². The van der Waals surface area contributed by atoms with Crippen LogP contribution in [-0.4, -0.2) is 19.5 Å². The average molecular weight is 356 g/mol. The van der Waals surface area contributed by atoms with E-state index >= 15 is 0 Å². The summed E-state index contributed by atoms with van der Waals surface area (Å²) >= 11 is 0. The molecule has 0 aliphatic heterocycles. The molecule has 0 saturated carbocycles. The summed E-state index contributed by atoms with van der Waals surface area (Å²) in [5.41, 5.74) is 3.64. The van der Waals surface area contributed by atoms with Crippen LogP contribution in [0, 0.1) is 22.0 Å². The molecule has 2 aromatic heterocycles. The van der Waals surface area contributed by atoms with Gasteiger partial charge < -0.3 is 4.57 Å². The molecule has 0 bridgehead atoms. The van der Waals surface area contributed by atoms with Crippen molar-refractivity contribution in [3.63, 3.8) is 0 Å². The normalized spacial score (nSPS) is 10.7. The monoisotopic (exact) mass is 356 g/mol. The number of rotatable bonds is 3. The maximum atomic E-state index is 10.7. The van der Waals surface area contributed by atoms with Crippen LogP contribution < -0.4 is 0 Å². The third-order valence-corrected chi connectivity index (χ3v) is 4.42. The van der Waals surface area contributed by atoms with E-state index in [1.165, 1.54) is 12.1 Å². The first-order chi connectivity index (χ1) is 13.2. The smallest absolute Gasteiger partial charge is 0.269 e. The summed E-state index contributed by atoms with van der Waals surface area (Å²) in [7, 11) is 0. The lowest BCUT2D eigenvalue weighted by molar-refractivity contribution is -0.384. The standard InChI is InChI=1S/C21H16N4O2/c1-2-20-23-19-14-22-18-8-4-3-7-17(18)21(19)24(20)13-5-6-15-9-11-16(12-10-15)25(26)27/h3-4,7-12,14H,2,13H2,1H3. The number of non-ortho nitro benzene ring substituents is 1. The number of para-hydroxylation sites is 1. The maximum Gasteiger partial charge on any atom is 0.269 e. The molecule has 2 heterocycles. The number of pyridine rings is 1. The number of nitro groups is 1. The Morgan fingerprint density at radius 2 is 1.89 bits per heavy atom. The third-order valence-electron chi connectivity index (χ3n) is 4.42. The second-order valence-electron chi connectivity index (χ2n) is 6.08. The Kier molecular flexibility index (Phi) is 4.27. The van der Waals surface area contributed by atoms with Gasteiger partial charge >= 0.3 is 0 Å². The van der Waals surface area contributed by atoms with Gasteiger partial charge in [-0.2, -0.15) is 0 Å². The summed E-state index contributed by atoms with van der Waals surface area (Å²) in [5, 5.41) is 11.8. The number of aromatic nitrogens is 3. The van der Waals surface area contributed by atoms with Crippen molar-refractivity contribution in [3.8, 4) is 11.8 Å². The lowest BCUT2D eigenvalue weighted by Gasteiger charge is -2.05. The number of aryl methyl sites for hydroxylation is 1. The lowest BCUT2D eigenvalue weighted by atomic mass is 10.2. The van der Waals surface area contributed by atoms with Crippen molar-refractivity contribution < 1.29 is 4.92 Å². The van der Waals surface area contributed by atoms with Crippen molar-refractivity contribution >= 4 is 27.6 Å². The molecule has 0 N–H and O–H groups in total. The molecular weight excluding hydrogens is 340 g/mol. The first kappa shape index (κ1) is 16.7. The van der Waals surface area contributed by atoms with Gasteiger partial charge in [0.2, 0.25) is 0 Å². The molecule has 4 aromatic rings. The highest BCUT2D eigenvalue weighted by molar-refractivity contribution is 6.02. The Labute approximate surface area is 155 Å². The van der Waals surface area contributed by atoms with Gasteiger partial charge in [-0.05, 0) is 18.2 Å². The zero-order chi connectivity index (χ0) is 18.8. The van der Waals surface area contributed by atoms with Crippen LogP contribution in [0.2, 0.25) is 0 Å². The van der Waals surface area contributed by atoms with Crippen molar-refractivity contribution in [2.24, 2.45) is 0 Å². The fourth-order valence-electron chi connectivity index (χ4n) is 3.14. The van der Waals surface area contributed by atoms with Gasteiger partial charge in [0.25, 0.3) is 5.69 Å². The van der Waals surface area contributed by atoms with E-state index in [-0.39, 0.29) is 5.69 Å². The fraction of sp³-hybridized carbons (Fsp3) is 0.143. The SMILES string of the molecule is CCc1nc2cnc3ccccc3c2n1CC#Cc1ccc([N+](=O)[O-])cc1. The number of imidazole rings is 1. The highest BCUT2D eigenvalue weighted by Crippen LogP contribution is 2.24. The molecule has 0 atom stereocenters. The summed E-state index contributed by atoms with van der Waals surface area (Å²) in [4.78, 5) is 19.5. The summed E-state index contributed by atoms with van der Waals surface area (Å²) in [6.07, 6.45) is 2.60. The van der Waals surface area contributed by atoms with Crippen LogP contribution in [0.1, 0.15) is 18.3 Å². The van der Waals surface area contributed by atoms with Crippen LogP contribution in [0.15, 0.2) is 54.7 Å². The Bertz CT molecular complexity index is 1210. The minimum atomic E-state index is -0.415. The van der Waals surface area contributed by atoms with Crippen molar-refractivity contribution in [1.29, 1.82) is 0 Å². The molecular formula is C21H16N4O2. The minimum Gasteiger partial charge on any atom is -0.316 e. The van der Waals surface area contributed by atoms with Gasteiger partial charge in [0, 0.05) is 29.5 Å². The third kappa shape index (κ3) is 3.11. The second-order valence-corrected chi connectivity index (χ2v) is 6.08. The molecule has 0 aliphatic carbocycles. The van der Waals surface area contributed by atoms with Crippen LogP contribution in [0.3, 0.4) is 0 Å². The Morgan fingerprint density at radius 3 is 2.63 bits per heavy atom. The van der Waals surface area contributed by atoms with E-state index in [0.717, 1.165) is 39.7 Å². The molecule has 0 fully saturated rings. The number of hydrogen-bond acceptors (Lipinski definition) is 4. The molecule has 0 unspecified atom stereocenters. The fourth-order valence-corrected chi connectivity index (χ4v) is 3.14. The zero-order valence-electron chi connectivity index (χ0n) is 14.7. The van der Waals surface area contributed by atoms with E-state index in [4.69, 9.17) is 4.98 Å². The molecule has 132 valence electrons. The second kappa shape index (κ2) is 6.89. The van der Waals surface area contributed by atoms with Crippen LogP contribution in [0.25, 0.3) is 21.9 Å². The van der Waals surface area contributed by atoms with Crippen molar-refractivity contribution in [2.75, 3.05) is 0 Å². The zero-order valence-corrected chi connectivity index (χ0v) is 14.7. The van der Waals surface area contributed by atoms with E-state index in [2.05, 4.69) is 28.3 Å². The summed E-state index contributed by atoms with van der Waals surface area (Å²) < 4.78 is 2.12. The Morgan fingerprint density at radius 1 is 1.11 bits per heavy atom. The summed E-state index contributed by atoms with van der Waals surface area (Å²) in [5.74, 6) is 7.20. The lowest BCUT2D eigenvalue weighted by Crippen LogP contribution is -2.02. The number of hydrogen-bond donors (Lipinski definition) is 0. The first-order valence-corrected chi connectivity index (χ1v) is 8.63. The first-order valence-electron chi connectivity index (χ1n) is 8.63. The maximum absolute atomic E-state index is 10.7. The van der Waals surface area contributed by atoms with Crippen molar-refractivity contribution in [3.05, 3.63) is 76.2 Å². The van der Waals surface area contributed by atoms with Crippen LogP contribution in [-0.2, 0) is 13.0 Å². The van der Waals surface area contributed by atoms with E-state index in [9.17, 15) is 10.1 Å². The molecule has 0 spiro atoms. The molecule has 0 aliphatic rings. The topological polar surface area (TPSA) is 73.8 Å². The predicted octanol–water partition coefficient (Wildman–Crippen LogP) is 4.11. The van der Waals surface area contributed by atoms with E-state index in [1.54, 1.807) is 18.3 Å². The van der Waals surface area contributed by atoms with Crippen LogP contribution >= 0.6 is 0 Å². The van der Waals surface area contributed by atoms with Crippen LogP contribution in [0.5, 0.6) is 0 Å². The van der Waals surface area contributed by atoms with Gasteiger partial charge in [-0.25, -0.2) is 4.98 Å². The Hall–Kier alpha value is -3.72. The molecule has 0 amide bonds. The number of nitrogens with zero attached hydrogens (tertiary/aromatic N) is 4. The van der Waals surface area contributed by atoms with Crippen LogP contribution in [0.4, 0.5) is 5.69 Å². The Balaban J connectivity index is 1.73. The molecule has 27 heavy (non-hydrogen) atoms. The van der Waals surface area contributed by atoms with Gasteiger partial charge in [-0.1, -0.05) is 37.0 Å². The largest absolute Gasteiger partial charge is 0.316 e. The van der Waals surface area contributed by atoms with E-state index in [0.29, 0.717) is 6.54 Å². The van der Waals surface area contributed by atoms with Gasteiger partial charge in [0.1, 0.15) is 11.3 Å². The number of benzene rings is 2. The minimum absolute atomic E-state index is 0.0633. The molecule has 4 rings (SSSR count). The van der Waals surface area contributed by atoms with Crippen molar-refractivity contribution in [2.45, 2.75) is 19.9 Å². The number of fused-ring (bicyclic) bond motifs is 3. The highest BCUT2D eigenvalue weighted by Gasteiger charge is 2.12. The highest BCUT2D eigenvalue weighted by atomic mass is 16.6. The molecule has 2 aromatic carbocycles. The molecule has 0 radical (unpaired) electrons. The summed E-state index contributed by atoms with van der Waals surface area (Å²) in [6.45, 7) is 2.56. The van der Waals surface area contributed by atoms with Gasteiger partial charge in [-0.15, -0.1) is 0 Å². The van der Waals surface area contributed by atoms with E-state index in [1.807, 2.05) is 24.3 Å². The van der Waals surface area contributed by atoms with E-state index < -0.39 is 4.92 Å². The predicted molar refractivity (Wildman–Crippen MR) is 104 cm³/mol. The van der Waals surface area contributed by atoms with Crippen molar-refractivity contribution in [1.82, 2.24) is 14.5 Å². The molecule has 6 heteroatoms. The number of nitro benzene ring substituents is 1. The van der Waals surface area contributed by atoms with Gasteiger partial charge in [0.15, 0.2) is 0 Å². The quantitative estimate of drug-likeness (QED) is 0.315. The summed E-state index contributed by atoms with van der Waals surface area (Å²) in [6, 6.07) is 14.3. The average Bonchev–Trinajstić information content (AvgIpc) is 3.06. The van der Waals surface area contributed by atoms with Gasteiger partial charge in [-0.3, -0.25) is 15.1 Å². The molecule has 0 saturated heterocycles.